The van der Waals surface area contributed by atoms with Gasteiger partial charge in [0.1, 0.15) is 0 Å². The quantitative estimate of drug-likeness (QED) is 0.517. The summed E-state index contributed by atoms with van der Waals surface area (Å²) in [6, 6.07) is 16.5. The van der Waals surface area contributed by atoms with Crippen molar-refractivity contribution in [2.45, 2.75) is 16.8 Å². The fraction of sp³-hybridized carbons (Fsp3) is 0.118. The van der Waals surface area contributed by atoms with Crippen molar-refractivity contribution >= 4 is 39.4 Å². The van der Waals surface area contributed by atoms with Crippen molar-refractivity contribution in [3.8, 4) is 22.5 Å². The molecule has 1 aromatic heterocycles. The van der Waals surface area contributed by atoms with Crippen molar-refractivity contribution in [3.63, 3.8) is 0 Å². The number of nitrogens with zero attached hydrogens (tertiary/aromatic N) is 1. The standard InChI is InChI=1S/C17H12F4N2O2S.Na.H/c18-15(19)17(20,21)26(24,25)16-22-13(11-7-3-1-4-8-11)14(23-16)12-9-5-2-6-10-12;;/h1-10,15H,(H,22,23);;. The topological polar surface area (TPSA) is 62.8 Å². The van der Waals surface area contributed by atoms with Crippen LogP contribution in [-0.4, -0.2) is 59.6 Å². The normalized spacial score (nSPS) is 12.0. The van der Waals surface area contributed by atoms with E-state index in [4.69, 9.17) is 0 Å². The first kappa shape index (κ1) is 21.6. The van der Waals surface area contributed by atoms with Gasteiger partial charge in [0, 0.05) is 11.1 Å². The number of H-pyrrole nitrogens is 1. The van der Waals surface area contributed by atoms with E-state index in [1.807, 2.05) is 0 Å². The first-order valence-electron chi connectivity index (χ1n) is 7.36. The molecule has 0 spiro atoms. The second-order valence-corrected chi connectivity index (χ2v) is 7.30. The summed E-state index contributed by atoms with van der Waals surface area (Å²) in [4.78, 5) is 6.01. The number of halogens is 4. The molecular formula is C17H13F4N2NaO2S. The van der Waals surface area contributed by atoms with E-state index in [-0.39, 0.29) is 40.9 Å². The van der Waals surface area contributed by atoms with Gasteiger partial charge in [-0.1, -0.05) is 60.7 Å². The average molecular weight is 408 g/mol. The van der Waals surface area contributed by atoms with Gasteiger partial charge in [-0.05, 0) is 0 Å². The zero-order chi connectivity index (χ0) is 18.9. The molecule has 0 saturated heterocycles. The van der Waals surface area contributed by atoms with Gasteiger partial charge in [0.15, 0.2) is 0 Å². The minimum absolute atomic E-state index is 0. The summed E-state index contributed by atoms with van der Waals surface area (Å²) < 4.78 is 76.3. The Morgan fingerprint density at radius 1 is 0.889 bits per heavy atom. The Kier molecular flexibility index (Phi) is 6.51. The molecule has 138 valence electrons. The van der Waals surface area contributed by atoms with E-state index in [1.54, 1.807) is 60.7 Å². The summed E-state index contributed by atoms with van der Waals surface area (Å²) in [6.07, 6.45) is -4.38. The predicted octanol–water partition coefficient (Wildman–Crippen LogP) is 3.73. The van der Waals surface area contributed by atoms with Crippen LogP contribution in [-0.2, 0) is 9.84 Å². The zero-order valence-electron chi connectivity index (χ0n) is 13.0. The Hall–Kier alpha value is -1.68. The van der Waals surface area contributed by atoms with Gasteiger partial charge in [-0.15, -0.1) is 0 Å². The second kappa shape index (κ2) is 8.14. The van der Waals surface area contributed by atoms with Crippen LogP contribution in [0.1, 0.15) is 0 Å². The number of imidazole rings is 1. The van der Waals surface area contributed by atoms with Gasteiger partial charge in [0.25, 0.3) is 9.84 Å². The fourth-order valence-corrected chi connectivity index (χ4v) is 3.28. The van der Waals surface area contributed by atoms with Crippen molar-refractivity contribution in [1.82, 2.24) is 9.97 Å². The molecule has 0 bridgehead atoms. The Balaban J connectivity index is 0.00000261. The van der Waals surface area contributed by atoms with Crippen molar-refractivity contribution in [2.75, 3.05) is 0 Å². The van der Waals surface area contributed by atoms with Gasteiger partial charge in [-0.3, -0.25) is 0 Å². The summed E-state index contributed by atoms with van der Waals surface area (Å²) >= 11 is 0. The third-order valence-corrected chi connectivity index (χ3v) is 5.26. The maximum atomic E-state index is 13.6. The molecule has 0 amide bonds. The fourth-order valence-electron chi connectivity index (χ4n) is 2.34. The van der Waals surface area contributed by atoms with E-state index in [2.05, 4.69) is 9.97 Å². The van der Waals surface area contributed by atoms with E-state index in [1.165, 1.54) is 0 Å². The van der Waals surface area contributed by atoms with Crippen LogP contribution in [0.2, 0.25) is 0 Å². The van der Waals surface area contributed by atoms with E-state index >= 15 is 0 Å². The van der Waals surface area contributed by atoms with Crippen LogP contribution in [0, 0.1) is 0 Å². The van der Waals surface area contributed by atoms with Crippen molar-refractivity contribution < 1.29 is 26.0 Å². The molecule has 0 atom stereocenters. The van der Waals surface area contributed by atoms with E-state index in [0.717, 1.165) is 0 Å². The molecule has 10 heteroatoms. The van der Waals surface area contributed by atoms with E-state index < -0.39 is 26.7 Å². The molecule has 3 rings (SSSR count). The first-order chi connectivity index (χ1) is 12.2. The number of alkyl halides is 4. The minimum atomic E-state index is -5.71. The number of rotatable bonds is 5. The van der Waals surface area contributed by atoms with Gasteiger partial charge in [-0.2, -0.15) is 8.78 Å². The molecule has 0 aliphatic rings. The van der Waals surface area contributed by atoms with Gasteiger partial charge >= 0.3 is 41.2 Å². The van der Waals surface area contributed by atoms with Gasteiger partial charge in [-0.25, -0.2) is 22.2 Å². The number of nitrogens with one attached hydrogen (secondary N) is 1. The van der Waals surface area contributed by atoms with Crippen LogP contribution in [0.4, 0.5) is 17.6 Å². The van der Waals surface area contributed by atoms with Crippen LogP contribution in [0.5, 0.6) is 0 Å². The van der Waals surface area contributed by atoms with Gasteiger partial charge in [0.05, 0.1) is 11.4 Å². The molecule has 1 heterocycles. The SMILES string of the molecule is O=S(=O)(c1nc(-c2ccccc2)c(-c2ccccc2)[nH]1)C(F)(F)C(F)F.[NaH]. The Morgan fingerprint density at radius 3 is 1.85 bits per heavy atom. The number of benzene rings is 2. The average Bonchev–Trinajstić information content (AvgIpc) is 3.09. The molecule has 0 fully saturated rings. The van der Waals surface area contributed by atoms with Crippen LogP contribution in [0.15, 0.2) is 65.8 Å². The summed E-state index contributed by atoms with van der Waals surface area (Å²) in [6.45, 7) is 0. The number of aromatic amines is 1. The Labute approximate surface area is 174 Å². The Morgan fingerprint density at radius 2 is 1.37 bits per heavy atom. The third kappa shape index (κ3) is 3.96. The summed E-state index contributed by atoms with van der Waals surface area (Å²) in [5.74, 6) is 0. The van der Waals surface area contributed by atoms with Crippen LogP contribution in [0.3, 0.4) is 0 Å². The molecule has 0 radical (unpaired) electrons. The summed E-state index contributed by atoms with van der Waals surface area (Å²) in [7, 11) is -5.71. The molecule has 3 aromatic rings. The maximum absolute atomic E-state index is 13.6. The van der Waals surface area contributed by atoms with Crippen LogP contribution >= 0.6 is 0 Å². The van der Waals surface area contributed by atoms with E-state index in [0.29, 0.717) is 11.1 Å². The van der Waals surface area contributed by atoms with Crippen molar-refractivity contribution in [1.29, 1.82) is 0 Å². The molecular weight excluding hydrogens is 395 g/mol. The van der Waals surface area contributed by atoms with Gasteiger partial charge < -0.3 is 4.98 Å². The molecule has 1 N–H and O–H groups in total. The summed E-state index contributed by atoms with van der Waals surface area (Å²) in [5.41, 5.74) is 1.13. The van der Waals surface area contributed by atoms with Gasteiger partial charge in [0.2, 0.25) is 5.16 Å². The molecule has 4 nitrogen and oxygen atoms in total. The predicted molar refractivity (Wildman–Crippen MR) is 94.7 cm³/mol. The molecule has 0 saturated carbocycles. The number of sulfone groups is 1. The molecule has 0 aliphatic heterocycles. The molecule has 27 heavy (non-hydrogen) atoms. The van der Waals surface area contributed by atoms with E-state index in [9.17, 15) is 26.0 Å². The Bertz CT molecular complexity index is 953. The first-order valence-corrected chi connectivity index (χ1v) is 8.85. The van der Waals surface area contributed by atoms with Crippen molar-refractivity contribution in [2.24, 2.45) is 0 Å². The van der Waals surface area contributed by atoms with Crippen LogP contribution < -0.4 is 0 Å². The number of aromatic nitrogens is 2. The second-order valence-electron chi connectivity index (χ2n) is 5.36. The third-order valence-electron chi connectivity index (χ3n) is 3.66. The number of hydrogen-bond acceptors (Lipinski definition) is 3. The van der Waals surface area contributed by atoms with Crippen molar-refractivity contribution in [3.05, 3.63) is 60.7 Å². The molecule has 0 aliphatic carbocycles. The summed E-state index contributed by atoms with van der Waals surface area (Å²) in [5, 5.41) is -6.47. The zero-order valence-corrected chi connectivity index (χ0v) is 13.9. The monoisotopic (exact) mass is 408 g/mol. The number of hydrogen-bond donors (Lipinski definition) is 1. The molecule has 0 unspecified atom stereocenters. The van der Waals surface area contributed by atoms with Crippen LogP contribution in [0.25, 0.3) is 22.5 Å². The molecule has 2 aromatic carbocycles.